The summed E-state index contributed by atoms with van der Waals surface area (Å²) in [7, 11) is 0. The van der Waals surface area contributed by atoms with Crippen LogP contribution in [0.1, 0.15) is 17.2 Å². The predicted octanol–water partition coefficient (Wildman–Crippen LogP) is 4.72. The lowest BCUT2D eigenvalue weighted by atomic mass is 9.94. The summed E-state index contributed by atoms with van der Waals surface area (Å²) < 4.78 is 18.6. The molecule has 0 saturated carbocycles. The number of rotatable bonds is 3. The van der Waals surface area contributed by atoms with Crippen LogP contribution in [-0.4, -0.2) is 10.3 Å². The Hall–Kier alpha value is -2.98. The molecule has 0 amide bonds. The molecule has 0 aliphatic heterocycles. The molecule has 1 N–H and O–H groups in total. The molecule has 24 heavy (non-hydrogen) atoms. The number of halogens is 1. The number of hydrogen-bond acceptors (Lipinski definition) is 3. The molecule has 1 atom stereocenters. The van der Waals surface area contributed by atoms with Crippen LogP contribution in [0.15, 0.2) is 77.3 Å². The van der Waals surface area contributed by atoms with Crippen LogP contribution in [0.25, 0.3) is 22.2 Å². The molecule has 1 aromatic heterocycles. The smallest absolute Gasteiger partial charge is 0.170 e. The Morgan fingerprint density at radius 3 is 2.50 bits per heavy atom. The minimum atomic E-state index is -0.783. The number of nitrogens with zero attached hydrogens (tertiary/aromatic N) is 1. The van der Waals surface area contributed by atoms with Gasteiger partial charge in [-0.1, -0.05) is 59.8 Å². The van der Waals surface area contributed by atoms with Crippen molar-refractivity contribution < 1.29 is 14.0 Å². The first-order valence-corrected chi connectivity index (χ1v) is 7.61. The maximum absolute atomic E-state index is 13.3. The maximum Gasteiger partial charge on any atom is 0.170 e. The van der Waals surface area contributed by atoms with Crippen molar-refractivity contribution in [3.05, 3.63) is 89.7 Å². The van der Waals surface area contributed by atoms with Gasteiger partial charge in [0.2, 0.25) is 0 Å². The fourth-order valence-electron chi connectivity index (χ4n) is 2.87. The molecule has 0 saturated heterocycles. The Bertz CT molecular complexity index is 995. The molecule has 0 aliphatic rings. The lowest BCUT2D eigenvalue weighted by molar-refractivity contribution is 0.221. The van der Waals surface area contributed by atoms with Gasteiger partial charge >= 0.3 is 0 Å². The van der Waals surface area contributed by atoms with E-state index >= 15 is 0 Å². The molecular weight excluding hydrogens is 305 g/mol. The monoisotopic (exact) mass is 319 g/mol. The first-order valence-electron chi connectivity index (χ1n) is 7.61. The van der Waals surface area contributed by atoms with Gasteiger partial charge in [0.05, 0.1) is 0 Å². The van der Waals surface area contributed by atoms with Gasteiger partial charge in [0.15, 0.2) is 5.58 Å². The molecule has 118 valence electrons. The van der Waals surface area contributed by atoms with Crippen LogP contribution in [0.5, 0.6) is 0 Å². The molecule has 3 aromatic carbocycles. The Labute approximate surface area is 138 Å². The lowest BCUT2D eigenvalue weighted by Crippen LogP contribution is -2.01. The molecule has 1 unspecified atom stereocenters. The van der Waals surface area contributed by atoms with Crippen LogP contribution in [0.3, 0.4) is 0 Å². The summed E-state index contributed by atoms with van der Waals surface area (Å²) in [4.78, 5) is 0. The molecule has 4 aromatic rings. The standard InChI is InChI=1S/C20H14FNO2/c21-14-10-11-17-18(12-14)24-22-19(17)15-8-4-5-9-16(15)20(23)13-6-2-1-3-7-13/h1-12,20,23H. The van der Waals surface area contributed by atoms with E-state index < -0.39 is 6.10 Å². The molecule has 1 heterocycles. The average molecular weight is 319 g/mol. The third-order valence-electron chi connectivity index (χ3n) is 4.06. The second-order valence-electron chi connectivity index (χ2n) is 5.57. The number of aliphatic hydroxyl groups is 1. The zero-order valence-electron chi connectivity index (χ0n) is 12.7. The quantitative estimate of drug-likeness (QED) is 0.594. The second kappa shape index (κ2) is 5.91. The van der Waals surface area contributed by atoms with Gasteiger partial charge in [-0.2, -0.15) is 0 Å². The summed E-state index contributed by atoms with van der Waals surface area (Å²) >= 11 is 0. The Balaban J connectivity index is 1.87. The van der Waals surface area contributed by atoms with E-state index in [1.165, 1.54) is 12.1 Å². The van der Waals surface area contributed by atoms with Gasteiger partial charge in [0.25, 0.3) is 0 Å². The van der Waals surface area contributed by atoms with Gasteiger partial charge < -0.3 is 9.63 Å². The Kier molecular flexibility index (Phi) is 3.59. The maximum atomic E-state index is 13.3. The highest BCUT2D eigenvalue weighted by molar-refractivity contribution is 5.92. The second-order valence-corrected chi connectivity index (χ2v) is 5.57. The Morgan fingerprint density at radius 2 is 1.67 bits per heavy atom. The van der Waals surface area contributed by atoms with Crippen molar-refractivity contribution in [2.45, 2.75) is 6.10 Å². The van der Waals surface area contributed by atoms with E-state index in [4.69, 9.17) is 4.52 Å². The number of benzene rings is 3. The lowest BCUT2D eigenvalue weighted by Gasteiger charge is -2.15. The number of hydrogen-bond donors (Lipinski definition) is 1. The average Bonchev–Trinajstić information content (AvgIpc) is 3.04. The van der Waals surface area contributed by atoms with E-state index in [-0.39, 0.29) is 5.82 Å². The van der Waals surface area contributed by atoms with Crippen LogP contribution in [0, 0.1) is 5.82 Å². The van der Waals surface area contributed by atoms with Gasteiger partial charge in [-0.3, -0.25) is 0 Å². The molecular formula is C20H14FNO2. The Morgan fingerprint density at radius 1 is 0.917 bits per heavy atom. The normalized spacial score (nSPS) is 12.4. The van der Waals surface area contributed by atoms with Crippen LogP contribution in [-0.2, 0) is 0 Å². The van der Waals surface area contributed by atoms with Crippen molar-refractivity contribution in [3.63, 3.8) is 0 Å². The summed E-state index contributed by atoms with van der Waals surface area (Å²) in [6, 6.07) is 21.2. The summed E-state index contributed by atoms with van der Waals surface area (Å²) in [5.41, 5.74) is 3.26. The largest absolute Gasteiger partial charge is 0.384 e. The molecule has 0 bridgehead atoms. The highest BCUT2D eigenvalue weighted by Crippen LogP contribution is 2.35. The van der Waals surface area contributed by atoms with Crippen LogP contribution >= 0.6 is 0 Å². The van der Waals surface area contributed by atoms with Crippen LogP contribution < -0.4 is 0 Å². The van der Waals surface area contributed by atoms with Crippen LogP contribution in [0.2, 0.25) is 0 Å². The molecule has 4 heteroatoms. The highest BCUT2D eigenvalue weighted by Gasteiger charge is 2.19. The van der Waals surface area contributed by atoms with Gasteiger partial charge in [-0.05, 0) is 23.3 Å². The van der Waals surface area contributed by atoms with E-state index in [1.807, 2.05) is 54.6 Å². The van der Waals surface area contributed by atoms with Crippen molar-refractivity contribution in [2.75, 3.05) is 0 Å². The van der Waals surface area contributed by atoms with Crippen LogP contribution in [0.4, 0.5) is 4.39 Å². The fraction of sp³-hybridized carbons (Fsp3) is 0.0500. The molecule has 0 radical (unpaired) electrons. The van der Waals surface area contributed by atoms with E-state index in [0.717, 1.165) is 16.7 Å². The topological polar surface area (TPSA) is 46.3 Å². The molecule has 4 rings (SSSR count). The van der Waals surface area contributed by atoms with Crippen molar-refractivity contribution in [3.8, 4) is 11.3 Å². The van der Waals surface area contributed by atoms with Crippen molar-refractivity contribution in [1.82, 2.24) is 5.16 Å². The number of aromatic nitrogens is 1. The van der Waals surface area contributed by atoms with E-state index in [0.29, 0.717) is 16.7 Å². The predicted molar refractivity (Wildman–Crippen MR) is 89.9 cm³/mol. The molecule has 0 fully saturated rings. The van der Waals surface area contributed by atoms with Crippen molar-refractivity contribution in [2.24, 2.45) is 0 Å². The summed E-state index contributed by atoms with van der Waals surface area (Å²) in [5, 5.41) is 15.6. The van der Waals surface area contributed by atoms with Gasteiger partial charge in [-0.25, -0.2) is 4.39 Å². The van der Waals surface area contributed by atoms with Gasteiger partial charge in [0, 0.05) is 17.0 Å². The molecule has 3 nitrogen and oxygen atoms in total. The fourth-order valence-corrected chi connectivity index (χ4v) is 2.87. The highest BCUT2D eigenvalue weighted by atomic mass is 19.1. The zero-order chi connectivity index (χ0) is 16.5. The third-order valence-corrected chi connectivity index (χ3v) is 4.06. The van der Waals surface area contributed by atoms with Crippen molar-refractivity contribution in [1.29, 1.82) is 0 Å². The molecule has 0 aliphatic carbocycles. The summed E-state index contributed by atoms with van der Waals surface area (Å²) in [6.45, 7) is 0. The van der Waals surface area contributed by atoms with Gasteiger partial charge in [-0.15, -0.1) is 0 Å². The summed E-state index contributed by atoms with van der Waals surface area (Å²) in [6.07, 6.45) is -0.783. The first kappa shape index (κ1) is 14.6. The van der Waals surface area contributed by atoms with E-state index in [9.17, 15) is 9.50 Å². The van der Waals surface area contributed by atoms with E-state index in [2.05, 4.69) is 5.16 Å². The minimum Gasteiger partial charge on any atom is -0.384 e. The SMILES string of the molecule is OC(c1ccccc1)c1ccccc1-c1noc2cc(F)ccc12. The van der Waals surface area contributed by atoms with E-state index in [1.54, 1.807) is 6.07 Å². The van der Waals surface area contributed by atoms with Gasteiger partial charge in [0.1, 0.15) is 17.6 Å². The third kappa shape index (κ3) is 2.47. The minimum absolute atomic E-state index is 0.372. The van der Waals surface area contributed by atoms with Crippen molar-refractivity contribution >= 4 is 11.0 Å². The number of aliphatic hydroxyl groups excluding tert-OH is 1. The summed E-state index contributed by atoms with van der Waals surface area (Å²) in [5.74, 6) is -0.372. The molecule has 0 spiro atoms. The first-order chi connectivity index (χ1) is 11.7. The zero-order valence-corrected chi connectivity index (χ0v) is 12.7. The number of fused-ring (bicyclic) bond motifs is 1.